The summed E-state index contributed by atoms with van der Waals surface area (Å²) in [7, 11) is 2.42. The van der Waals surface area contributed by atoms with Gasteiger partial charge >= 0.3 is 0 Å². The van der Waals surface area contributed by atoms with Gasteiger partial charge in [-0.2, -0.15) is 0 Å². The van der Waals surface area contributed by atoms with Crippen molar-refractivity contribution < 1.29 is 9.59 Å². The molecule has 0 aromatic heterocycles. The lowest BCUT2D eigenvalue weighted by atomic mass is 10.0. The summed E-state index contributed by atoms with van der Waals surface area (Å²) in [6, 6.07) is 5.91. The van der Waals surface area contributed by atoms with E-state index in [9.17, 15) is 5.11 Å². The molecule has 0 radical (unpaired) electrons. The van der Waals surface area contributed by atoms with Crippen LogP contribution in [0.3, 0.4) is 0 Å². The number of quaternary nitrogens is 1. The number of hydrogen-bond donors (Lipinski definition) is 1. The van der Waals surface area contributed by atoms with Crippen molar-refractivity contribution in [2.24, 2.45) is 0 Å². The first kappa shape index (κ1) is 15.8. The molecule has 1 N–H and O–H groups in total. The zero-order chi connectivity index (χ0) is 14.4. The van der Waals surface area contributed by atoms with Crippen LogP contribution in [0, 0.1) is 0 Å². The molecule has 2 rings (SSSR count). The lowest BCUT2D eigenvalue weighted by Gasteiger charge is -2.37. The number of unbranched alkanes of at least 4 members (excludes halogenated alkanes) is 2. The van der Waals surface area contributed by atoms with Gasteiger partial charge in [-0.15, -0.1) is 0 Å². The molecule has 1 aliphatic rings. The predicted molar refractivity (Wildman–Crippen MR) is 88.0 cm³/mol. The number of benzene rings is 1. The molecule has 0 atom stereocenters. The molecule has 112 valence electrons. The standard InChI is InChI=1S/C17H26BrNO/c1-19(12-6-3-7-13-19)11-5-2-4-8-15-9-10-16(18)17(20)14-15/h9-10,14H,2-8,11-13H2,1H3/p+1. The Kier molecular flexibility index (Phi) is 5.91. The number of halogens is 1. The first-order chi connectivity index (χ1) is 9.59. The Morgan fingerprint density at radius 2 is 1.85 bits per heavy atom. The van der Waals surface area contributed by atoms with Gasteiger partial charge in [-0.25, -0.2) is 0 Å². The Bertz CT molecular complexity index is 427. The van der Waals surface area contributed by atoms with E-state index in [0.29, 0.717) is 5.75 Å². The molecule has 1 saturated heterocycles. The van der Waals surface area contributed by atoms with Crippen LogP contribution in [0.1, 0.15) is 44.1 Å². The Labute approximate surface area is 131 Å². The molecule has 1 heterocycles. The highest BCUT2D eigenvalue weighted by Crippen LogP contribution is 2.25. The molecule has 3 heteroatoms. The average Bonchev–Trinajstić information content (AvgIpc) is 2.43. The van der Waals surface area contributed by atoms with Gasteiger partial charge in [0.2, 0.25) is 0 Å². The number of nitrogens with zero attached hydrogens (tertiary/aromatic N) is 1. The number of hydrogen-bond acceptors (Lipinski definition) is 1. The van der Waals surface area contributed by atoms with E-state index in [1.807, 2.05) is 12.1 Å². The van der Waals surface area contributed by atoms with Crippen molar-refractivity contribution in [1.29, 1.82) is 0 Å². The molecule has 0 bridgehead atoms. The fourth-order valence-electron chi connectivity index (χ4n) is 3.21. The molecule has 1 fully saturated rings. The molecule has 2 nitrogen and oxygen atoms in total. The van der Waals surface area contributed by atoms with Crippen LogP contribution in [-0.2, 0) is 6.42 Å². The minimum absolute atomic E-state index is 0.355. The largest absolute Gasteiger partial charge is 0.507 e. The van der Waals surface area contributed by atoms with E-state index in [2.05, 4.69) is 29.0 Å². The van der Waals surface area contributed by atoms with E-state index < -0.39 is 0 Å². The van der Waals surface area contributed by atoms with Crippen LogP contribution in [0.25, 0.3) is 0 Å². The van der Waals surface area contributed by atoms with E-state index in [1.54, 1.807) is 0 Å². The highest BCUT2D eigenvalue weighted by atomic mass is 79.9. The highest BCUT2D eigenvalue weighted by Gasteiger charge is 2.23. The van der Waals surface area contributed by atoms with E-state index in [1.165, 1.54) is 68.2 Å². The number of rotatable bonds is 6. The van der Waals surface area contributed by atoms with Crippen LogP contribution in [-0.4, -0.2) is 36.3 Å². The van der Waals surface area contributed by atoms with E-state index in [0.717, 1.165) is 10.9 Å². The topological polar surface area (TPSA) is 20.2 Å². The van der Waals surface area contributed by atoms with Gasteiger partial charge in [0.25, 0.3) is 0 Å². The van der Waals surface area contributed by atoms with Gasteiger partial charge in [-0.05, 0) is 78.6 Å². The molecule has 0 aliphatic carbocycles. The van der Waals surface area contributed by atoms with Crippen LogP contribution in [0.4, 0.5) is 0 Å². The summed E-state index contributed by atoms with van der Waals surface area (Å²) in [6.45, 7) is 4.09. The summed E-state index contributed by atoms with van der Waals surface area (Å²) in [6.07, 6.45) is 9.18. The minimum Gasteiger partial charge on any atom is -0.507 e. The first-order valence-electron chi connectivity index (χ1n) is 7.90. The SMILES string of the molecule is C[N+]1(CCCCCc2ccc(Br)c(O)c2)CCCCC1. The maximum atomic E-state index is 9.66. The van der Waals surface area contributed by atoms with E-state index in [-0.39, 0.29) is 0 Å². The lowest BCUT2D eigenvalue weighted by Crippen LogP contribution is -2.48. The zero-order valence-electron chi connectivity index (χ0n) is 12.6. The number of aryl methyl sites for hydroxylation is 1. The van der Waals surface area contributed by atoms with Crippen molar-refractivity contribution in [1.82, 2.24) is 0 Å². The minimum atomic E-state index is 0.355. The fraction of sp³-hybridized carbons (Fsp3) is 0.647. The average molecular weight is 341 g/mol. The molecule has 0 saturated carbocycles. The zero-order valence-corrected chi connectivity index (χ0v) is 14.2. The number of aromatic hydroxyl groups is 1. The van der Waals surface area contributed by atoms with E-state index >= 15 is 0 Å². The smallest absolute Gasteiger partial charge is 0.130 e. The second-order valence-electron chi connectivity index (χ2n) is 6.45. The predicted octanol–water partition coefficient (Wildman–Crippen LogP) is 4.50. The van der Waals surface area contributed by atoms with Gasteiger partial charge in [-0.1, -0.05) is 6.07 Å². The fourth-order valence-corrected chi connectivity index (χ4v) is 3.46. The second kappa shape index (κ2) is 7.46. The summed E-state index contributed by atoms with van der Waals surface area (Å²) in [4.78, 5) is 0. The van der Waals surface area contributed by atoms with Gasteiger partial charge < -0.3 is 9.59 Å². The number of phenols is 1. The van der Waals surface area contributed by atoms with Gasteiger partial charge in [0.15, 0.2) is 0 Å². The maximum Gasteiger partial charge on any atom is 0.130 e. The summed E-state index contributed by atoms with van der Waals surface area (Å²) >= 11 is 3.32. The molecule has 0 unspecified atom stereocenters. The third-order valence-electron chi connectivity index (χ3n) is 4.57. The van der Waals surface area contributed by atoms with Gasteiger partial charge in [0.1, 0.15) is 5.75 Å². The monoisotopic (exact) mass is 340 g/mol. The summed E-state index contributed by atoms with van der Waals surface area (Å²) in [5, 5.41) is 9.66. The van der Waals surface area contributed by atoms with Crippen molar-refractivity contribution in [2.75, 3.05) is 26.7 Å². The maximum absolute atomic E-state index is 9.66. The van der Waals surface area contributed by atoms with Crippen LogP contribution in [0.2, 0.25) is 0 Å². The Hall–Kier alpha value is -0.540. The number of phenolic OH excluding ortho intramolecular Hbond substituents is 1. The molecule has 0 amide bonds. The molecular formula is C17H27BrNO+. The number of likely N-dealkylation sites (tertiary alicyclic amines) is 1. The van der Waals surface area contributed by atoms with E-state index in [4.69, 9.17) is 0 Å². The highest BCUT2D eigenvalue weighted by molar-refractivity contribution is 9.10. The number of piperidine rings is 1. The third-order valence-corrected chi connectivity index (χ3v) is 5.24. The molecule has 0 spiro atoms. The van der Waals surface area contributed by atoms with Crippen molar-refractivity contribution >= 4 is 15.9 Å². The molecular weight excluding hydrogens is 314 g/mol. The van der Waals surface area contributed by atoms with Crippen molar-refractivity contribution in [2.45, 2.75) is 44.9 Å². The summed E-state index contributed by atoms with van der Waals surface area (Å²) in [5.74, 6) is 0.355. The quantitative estimate of drug-likeness (QED) is 0.597. The molecule has 1 aromatic rings. The van der Waals surface area contributed by atoms with Crippen molar-refractivity contribution in [3.05, 3.63) is 28.2 Å². The Morgan fingerprint density at radius 3 is 2.55 bits per heavy atom. The van der Waals surface area contributed by atoms with Crippen LogP contribution >= 0.6 is 15.9 Å². The first-order valence-corrected chi connectivity index (χ1v) is 8.69. The molecule has 20 heavy (non-hydrogen) atoms. The Balaban J connectivity index is 1.65. The molecule has 1 aliphatic heterocycles. The molecule has 1 aromatic carbocycles. The summed E-state index contributed by atoms with van der Waals surface area (Å²) < 4.78 is 2.07. The normalized spacial score (nSPS) is 18.1. The summed E-state index contributed by atoms with van der Waals surface area (Å²) in [5.41, 5.74) is 1.24. The third kappa shape index (κ3) is 4.78. The van der Waals surface area contributed by atoms with Crippen molar-refractivity contribution in [3.8, 4) is 5.75 Å². The van der Waals surface area contributed by atoms with Crippen LogP contribution < -0.4 is 0 Å². The lowest BCUT2D eigenvalue weighted by molar-refractivity contribution is -0.914. The van der Waals surface area contributed by atoms with Crippen LogP contribution in [0.5, 0.6) is 5.75 Å². The Morgan fingerprint density at radius 1 is 1.10 bits per heavy atom. The van der Waals surface area contributed by atoms with Gasteiger partial charge in [-0.3, -0.25) is 0 Å². The van der Waals surface area contributed by atoms with Crippen molar-refractivity contribution in [3.63, 3.8) is 0 Å². The van der Waals surface area contributed by atoms with Crippen LogP contribution in [0.15, 0.2) is 22.7 Å². The van der Waals surface area contributed by atoms with Gasteiger partial charge in [0.05, 0.1) is 31.2 Å². The second-order valence-corrected chi connectivity index (χ2v) is 7.30. The van der Waals surface area contributed by atoms with Gasteiger partial charge in [0, 0.05) is 0 Å².